The summed E-state index contributed by atoms with van der Waals surface area (Å²) in [5.41, 5.74) is 2.66. The van der Waals surface area contributed by atoms with E-state index in [0.717, 1.165) is 21.3 Å². The predicted molar refractivity (Wildman–Crippen MR) is 122 cm³/mol. The molecule has 0 amide bonds. The molecule has 0 saturated carbocycles. The first-order valence-corrected chi connectivity index (χ1v) is 10.5. The summed E-state index contributed by atoms with van der Waals surface area (Å²) in [6.45, 7) is 0.470. The molecule has 30 heavy (non-hydrogen) atoms. The van der Waals surface area contributed by atoms with E-state index in [4.69, 9.17) is 32.7 Å². The standard InChI is InChI=1S/C23H14BrCl2NO3/c24-17-6-1-15(2-7-17)13-29-18-8-3-14(4-9-18)11-21-23(28)30-22(27-21)16-5-10-19(25)20(26)12-16/h1-12H,13H2/b21-11-. The summed E-state index contributed by atoms with van der Waals surface area (Å²) in [4.78, 5) is 16.5. The van der Waals surface area contributed by atoms with Crippen molar-refractivity contribution in [1.82, 2.24) is 0 Å². The van der Waals surface area contributed by atoms with Crippen LogP contribution >= 0.6 is 39.1 Å². The van der Waals surface area contributed by atoms with Gasteiger partial charge < -0.3 is 9.47 Å². The zero-order valence-corrected chi connectivity index (χ0v) is 18.5. The second-order valence-corrected chi connectivity index (χ2v) is 8.18. The second kappa shape index (κ2) is 9.04. The SMILES string of the molecule is O=C1OC(c2ccc(Cl)c(Cl)c2)=N/C1=C\c1ccc(OCc2ccc(Br)cc2)cc1. The zero-order chi connectivity index (χ0) is 21.1. The number of carbonyl (C=O) groups is 1. The molecule has 0 fully saturated rings. The van der Waals surface area contributed by atoms with E-state index in [1.807, 2.05) is 48.5 Å². The Morgan fingerprint density at radius 3 is 2.40 bits per heavy atom. The fraction of sp³-hybridized carbons (Fsp3) is 0.0435. The van der Waals surface area contributed by atoms with Crippen LogP contribution in [0.2, 0.25) is 10.0 Å². The Bertz CT molecular complexity index is 1160. The average molecular weight is 503 g/mol. The summed E-state index contributed by atoms with van der Waals surface area (Å²) in [6, 6.07) is 20.3. The lowest BCUT2D eigenvalue weighted by Crippen LogP contribution is -2.05. The largest absolute Gasteiger partial charge is 0.489 e. The highest BCUT2D eigenvalue weighted by Gasteiger charge is 2.24. The van der Waals surface area contributed by atoms with Gasteiger partial charge in [-0.1, -0.05) is 63.4 Å². The van der Waals surface area contributed by atoms with Gasteiger partial charge >= 0.3 is 5.97 Å². The molecule has 0 aliphatic carbocycles. The van der Waals surface area contributed by atoms with Gasteiger partial charge in [-0.25, -0.2) is 9.79 Å². The molecule has 1 heterocycles. The van der Waals surface area contributed by atoms with Crippen LogP contribution in [-0.2, 0) is 16.1 Å². The van der Waals surface area contributed by atoms with Crippen LogP contribution in [-0.4, -0.2) is 11.9 Å². The summed E-state index contributed by atoms with van der Waals surface area (Å²) in [6.07, 6.45) is 1.66. The molecule has 4 nitrogen and oxygen atoms in total. The third-order valence-corrected chi connectivity index (χ3v) is 5.56. The monoisotopic (exact) mass is 501 g/mol. The maximum Gasteiger partial charge on any atom is 0.363 e. The van der Waals surface area contributed by atoms with Gasteiger partial charge in [0.2, 0.25) is 5.90 Å². The fourth-order valence-electron chi connectivity index (χ4n) is 2.73. The number of esters is 1. The van der Waals surface area contributed by atoms with Crippen LogP contribution in [0.1, 0.15) is 16.7 Å². The number of hydrogen-bond acceptors (Lipinski definition) is 4. The number of hydrogen-bond donors (Lipinski definition) is 0. The molecule has 3 aromatic rings. The lowest BCUT2D eigenvalue weighted by Gasteiger charge is -2.06. The molecule has 0 unspecified atom stereocenters. The predicted octanol–water partition coefficient (Wildman–Crippen LogP) is 6.68. The maximum atomic E-state index is 12.2. The molecular formula is C23H14BrCl2NO3. The van der Waals surface area contributed by atoms with Crippen LogP contribution in [0.5, 0.6) is 5.75 Å². The molecule has 0 bridgehead atoms. The van der Waals surface area contributed by atoms with Crippen molar-refractivity contribution in [3.8, 4) is 5.75 Å². The van der Waals surface area contributed by atoms with Crippen LogP contribution in [0.3, 0.4) is 0 Å². The third-order valence-electron chi connectivity index (χ3n) is 4.29. The molecule has 3 aromatic carbocycles. The topological polar surface area (TPSA) is 47.9 Å². The van der Waals surface area contributed by atoms with Crippen LogP contribution in [0, 0.1) is 0 Å². The highest BCUT2D eigenvalue weighted by atomic mass is 79.9. The van der Waals surface area contributed by atoms with Gasteiger partial charge in [-0.3, -0.25) is 0 Å². The van der Waals surface area contributed by atoms with Crippen molar-refractivity contribution >= 4 is 57.1 Å². The highest BCUT2D eigenvalue weighted by Crippen LogP contribution is 2.26. The van der Waals surface area contributed by atoms with Crippen molar-refractivity contribution in [2.45, 2.75) is 6.61 Å². The number of benzene rings is 3. The molecule has 0 atom stereocenters. The minimum Gasteiger partial charge on any atom is -0.489 e. The molecular weight excluding hydrogens is 489 g/mol. The van der Waals surface area contributed by atoms with Crippen LogP contribution in [0.25, 0.3) is 6.08 Å². The average Bonchev–Trinajstić information content (AvgIpc) is 3.11. The summed E-state index contributed by atoms with van der Waals surface area (Å²) in [5, 5.41) is 0.785. The van der Waals surface area contributed by atoms with Crippen molar-refractivity contribution in [3.05, 3.63) is 104 Å². The highest BCUT2D eigenvalue weighted by molar-refractivity contribution is 9.10. The lowest BCUT2D eigenvalue weighted by molar-refractivity contribution is -0.129. The third kappa shape index (κ3) is 4.93. The van der Waals surface area contributed by atoms with E-state index in [1.165, 1.54) is 0 Å². The van der Waals surface area contributed by atoms with Gasteiger partial charge in [0.05, 0.1) is 10.0 Å². The molecule has 7 heteroatoms. The van der Waals surface area contributed by atoms with E-state index in [2.05, 4.69) is 20.9 Å². The van der Waals surface area contributed by atoms with E-state index >= 15 is 0 Å². The van der Waals surface area contributed by atoms with Crippen molar-refractivity contribution in [3.63, 3.8) is 0 Å². The summed E-state index contributed by atoms with van der Waals surface area (Å²) in [7, 11) is 0. The molecule has 0 radical (unpaired) electrons. The number of rotatable bonds is 5. The zero-order valence-electron chi connectivity index (χ0n) is 15.4. The number of carbonyl (C=O) groups excluding carboxylic acids is 1. The first-order valence-electron chi connectivity index (χ1n) is 8.93. The Balaban J connectivity index is 1.46. The van der Waals surface area contributed by atoms with E-state index in [9.17, 15) is 4.79 Å². The Kier molecular flexibility index (Phi) is 6.23. The molecule has 0 N–H and O–H groups in total. The molecule has 0 saturated heterocycles. The van der Waals surface area contributed by atoms with Gasteiger partial charge in [0.1, 0.15) is 12.4 Å². The van der Waals surface area contributed by atoms with E-state index in [1.54, 1.807) is 24.3 Å². The molecule has 4 rings (SSSR count). The molecule has 0 aromatic heterocycles. The van der Waals surface area contributed by atoms with E-state index in [-0.39, 0.29) is 11.6 Å². The minimum absolute atomic E-state index is 0.194. The fourth-order valence-corrected chi connectivity index (χ4v) is 3.29. The van der Waals surface area contributed by atoms with Gasteiger partial charge in [0.25, 0.3) is 0 Å². The summed E-state index contributed by atoms with van der Waals surface area (Å²) >= 11 is 15.4. The summed E-state index contributed by atoms with van der Waals surface area (Å²) < 4.78 is 12.1. The Hall–Kier alpha value is -2.60. The number of aliphatic imine (C=N–C) groups is 1. The van der Waals surface area contributed by atoms with Crippen molar-refractivity contribution in [2.75, 3.05) is 0 Å². The quantitative estimate of drug-likeness (QED) is 0.289. The Morgan fingerprint density at radius 2 is 1.70 bits per heavy atom. The second-order valence-electron chi connectivity index (χ2n) is 6.45. The van der Waals surface area contributed by atoms with Gasteiger partial charge in [-0.05, 0) is 59.7 Å². The van der Waals surface area contributed by atoms with Crippen molar-refractivity contribution in [2.24, 2.45) is 4.99 Å². The van der Waals surface area contributed by atoms with E-state index < -0.39 is 5.97 Å². The van der Waals surface area contributed by atoms with Crippen molar-refractivity contribution in [1.29, 1.82) is 0 Å². The van der Waals surface area contributed by atoms with Gasteiger partial charge in [-0.2, -0.15) is 0 Å². The smallest absolute Gasteiger partial charge is 0.363 e. The molecule has 150 valence electrons. The minimum atomic E-state index is -0.522. The molecule has 0 spiro atoms. The van der Waals surface area contributed by atoms with Crippen LogP contribution in [0.15, 0.2) is 81.9 Å². The number of nitrogens with zero attached hydrogens (tertiary/aromatic N) is 1. The molecule has 1 aliphatic rings. The number of ether oxygens (including phenoxy) is 2. The maximum absolute atomic E-state index is 12.2. The van der Waals surface area contributed by atoms with Crippen LogP contribution < -0.4 is 4.74 Å². The number of halogens is 3. The first kappa shape index (κ1) is 20.7. The van der Waals surface area contributed by atoms with Gasteiger partial charge in [0, 0.05) is 10.0 Å². The van der Waals surface area contributed by atoms with Gasteiger partial charge in [-0.15, -0.1) is 0 Å². The van der Waals surface area contributed by atoms with Gasteiger partial charge in [0.15, 0.2) is 5.70 Å². The molecule has 1 aliphatic heterocycles. The van der Waals surface area contributed by atoms with Crippen molar-refractivity contribution < 1.29 is 14.3 Å². The summed E-state index contributed by atoms with van der Waals surface area (Å²) in [5.74, 6) is 0.403. The normalized spacial score (nSPS) is 14.6. The lowest BCUT2D eigenvalue weighted by atomic mass is 10.2. The number of cyclic esters (lactones) is 1. The Morgan fingerprint density at radius 1 is 0.967 bits per heavy atom. The van der Waals surface area contributed by atoms with Crippen LogP contribution in [0.4, 0.5) is 0 Å². The first-order chi connectivity index (χ1) is 14.5. The Labute approximate surface area is 191 Å². The van der Waals surface area contributed by atoms with E-state index in [0.29, 0.717) is 22.2 Å².